The van der Waals surface area contributed by atoms with E-state index < -0.39 is 0 Å². The second kappa shape index (κ2) is 5.48. The topological polar surface area (TPSA) is 20.3 Å². The van der Waals surface area contributed by atoms with Crippen molar-refractivity contribution in [3.63, 3.8) is 0 Å². The number of hydrogen-bond acceptors (Lipinski definition) is 1. The molecule has 0 aliphatic carbocycles. The van der Waals surface area contributed by atoms with Crippen LogP contribution in [0.3, 0.4) is 0 Å². The van der Waals surface area contributed by atoms with Crippen LogP contribution in [0.15, 0.2) is 22.7 Å². The summed E-state index contributed by atoms with van der Waals surface area (Å²) in [7, 11) is 1.85. The first-order valence-corrected chi connectivity index (χ1v) is 6.22. The van der Waals surface area contributed by atoms with Gasteiger partial charge in [0.1, 0.15) is 0 Å². The summed E-state index contributed by atoms with van der Waals surface area (Å²) in [6.45, 7) is 6.96. The number of rotatable bonds is 3. The van der Waals surface area contributed by atoms with Gasteiger partial charge in [-0.2, -0.15) is 0 Å². The summed E-state index contributed by atoms with van der Waals surface area (Å²) in [5, 5.41) is 0. The van der Waals surface area contributed by atoms with Crippen LogP contribution in [0.5, 0.6) is 0 Å². The molecule has 88 valence electrons. The minimum atomic E-state index is 0.0960. The fourth-order valence-electron chi connectivity index (χ4n) is 1.70. The molecule has 1 aromatic rings. The summed E-state index contributed by atoms with van der Waals surface area (Å²) < 4.78 is 1.01. The highest BCUT2D eigenvalue weighted by Crippen LogP contribution is 2.17. The van der Waals surface area contributed by atoms with Crippen LogP contribution in [-0.2, 0) is 0 Å². The molecule has 1 rings (SSSR count). The molecule has 0 aliphatic heterocycles. The van der Waals surface area contributed by atoms with Gasteiger partial charge < -0.3 is 4.90 Å². The molecule has 0 bridgehead atoms. The molecule has 0 saturated carbocycles. The highest BCUT2D eigenvalue weighted by Gasteiger charge is 2.14. The van der Waals surface area contributed by atoms with Crippen molar-refractivity contribution in [3.05, 3.63) is 33.8 Å². The van der Waals surface area contributed by atoms with Crippen LogP contribution in [0.1, 0.15) is 29.8 Å². The van der Waals surface area contributed by atoms with Crippen molar-refractivity contribution in [3.8, 4) is 0 Å². The molecule has 1 aromatic carbocycles. The van der Waals surface area contributed by atoms with Crippen molar-refractivity contribution >= 4 is 21.8 Å². The molecule has 2 nitrogen and oxygen atoms in total. The Morgan fingerprint density at radius 3 is 2.56 bits per heavy atom. The zero-order chi connectivity index (χ0) is 12.3. The molecule has 0 radical (unpaired) electrons. The van der Waals surface area contributed by atoms with Crippen LogP contribution in [-0.4, -0.2) is 24.4 Å². The maximum Gasteiger partial charge on any atom is 0.253 e. The smallest absolute Gasteiger partial charge is 0.253 e. The molecular formula is C13H18BrNO. The van der Waals surface area contributed by atoms with E-state index in [2.05, 4.69) is 29.8 Å². The van der Waals surface area contributed by atoms with Crippen molar-refractivity contribution in [1.29, 1.82) is 0 Å². The van der Waals surface area contributed by atoms with Gasteiger partial charge in [-0.25, -0.2) is 0 Å². The fourth-order valence-corrected chi connectivity index (χ4v) is 2.18. The second-order valence-corrected chi connectivity index (χ2v) is 5.45. The van der Waals surface area contributed by atoms with E-state index in [1.807, 2.05) is 32.2 Å². The molecule has 0 unspecified atom stereocenters. The van der Waals surface area contributed by atoms with Crippen LogP contribution >= 0.6 is 15.9 Å². The average molecular weight is 284 g/mol. The van der Waals surface area contributed by atoms with Crippen LogP contribution < -0.4 is 0 Å². The number of carbonyl (C=O) groups is 1. The van der Waals surface area contributed by atoms with Gasteiger partial charge in [0.15, 0.2) is 0 Å². The number of nitrogens with zero attached hydrogens (tertiary/aromatic N) is 1. The predicted octanol–water partition coefficient (Wildman–Crippen LogP) is 3.49. The van der Waals surface area contributed by atoms with E-state index in [0.29, 0.717) is 5.92 Å². The Morgan fingerprint density at radius 2 is 2.06 bits per heavy atom. The SMILES string of the molecule is Cc1cc(Br)ccc1C(=O)N(C)CC(C)C. The van der Waals surface area contributed by atoms with Gasteiger partial charge in [0.25, 0.3) is 5.91 Å². The zero-order valence-electron chi connectivity index (χ0n) is 10.2. The number of halogens is 1. The predicted molar refractivity (Wildman–Crippen MR) is 70.7 cm³/mol. The van der Waals surface area contributed by atoms with Crippen molar-refractivity contribution in [2.45, 2.75) is 20.8 Å². The van der Waals surface area contributed by atoms with E-state index in [1.165, 1.54) is 0 Å². The molecule has 0 aliphatic rings. The van der Waals surface area contributed by atoms with Gasteiger partial charge in [-0.1, -0.05) is 29.8 Å². The number of benzene rings is 1. The quantitative estimate of drug-likeness (QED) is 0.832. The molecule has 0 aromatic heterocycles. The molecule has 0 fully saturated rings. The van der Waals surface area contributed by atoms with Gasteiger partial charge in [-0.15, -0.1) is 0 Å². The van der Waals surface area contributed by atoms with E-state index in [-0.39, 0.29) is 5.91 Å². The summed E-state index contributed by atoms with van der Waals surface area (Å²) in [6.07, 6.45) is 0. The largest absolute Gasteiger partial charge is 0.341 e. The lowest BCUT2D eigenvalue weighted by Gasteiger charge is -2.20. The van der Waals surface area contributed by atoms with Crippen LogP contribution in [0.25, 0.3) is 0 Å². The lowest BCUT2D eigenvalue weighted by atomic mass is 10.1. The van der Waals surface area contributed by atoms with E-state index in [1.54, 1.807) is 4.90 Å². The van der Waals surface area contributed by atoms with Crippen LogP contribution in [0, 0.1) is 12.8 Å². The maximum absolute atomic E-state index is 12.1. The van der Waals surface area contributed by atoms with Gasteiger partial charge in [0.2, 0.25) is 0 Å². The molecule has 0 spiro atoms. The van der Waals surface area contributed by atoms with E-state index in [9.17, 15) is 4.79 Å². The second-order valence-electron chi connectivity index (χ2n) is 4.54. The summed E-state index contributed by atoms with van der Waals surface area (Å²) in [6, 6.07) is 5.75. The lowest BCUT2D eigenvalue weighted by molar-refractivity contribution is 0.0778. The third kappa shape index (κ3) is 3.34. The summed E-state index contributed by atoms with van der Waals surface area (Å²) >= 11 is 3.40. The minimum Gasteiger partial charge on any atom is -0.341 e. The lowest BCUT2D eigenvalue weighted by Crippen LogP contribution is -2.30. The number of aryl methyl sites for hydroxylation is 1. The molecule has 0 heterocycles. The van der Waals surface area contributed by atoms with Crippen molar-refractivity contribution in [2.75, 3.05) is 13.6 Å². The van der Waals surface area contributed by atoms with Crippen LogP contribution in [0.4, 0.5) is 0 Å². The monoisotopic (exact) mass is 283 g/mol. The van der Waals surface area contributed by atoms with Gasteiger partial charge in [-0.3, -0.25) is 4.79 Å². The Bertz CT molecular complexity index is 388. The Labute approximate surface area is 106 Å². The van der Waals surface area contributed by atoms with Gasteiger partial charge in [0, 0.05) is 23.6 Å². The summed E-state index contributed by atoms with van der Waals surface area (Å²) in [5.41, 5.74) is 1.79. The van der Waals surface area contributed by atoms with Crippen molar-refractivity contribution < 1.29 is 4.79 Å². The zero-order valence-corrected chi connectivity index (χ0v) is 11.8. The third-order valence-corrected chi connectivity index (χ3v) is 2.90. The fraction of sp³-hybridized carbons (Fsp3) is 0.462. The third-order valence-electron chi connectivity index (χ3n) is 2.40. The molecule has 3 heteroatoms. The maximum atomic E-state index is 12.1. The molecule has 16 heavy (non-hydrogen) atoms. The summed E-state index contributed by atoms with van der Waals surface area (Å²) in [4.78, 5) is 13.9. The normalized spacial score (nSPS) is 10.6. The first-order chi connectivity index (χ1) is 7.41. The van der Waals surface area contributed by atoms with Crippen molar-refractivity contribution in [1.82, 2.24) is 4.90 Å². The van der Waals surface area contributed by atoms with Gasteiger partial charge in [0.05, 0.1) is 0 Å². The first kappa shape index (κ1) is 13.2. The Morgan fingerprint density at radius 1 is 1.44 bits per heavy atom. The van der Waals surface area contributed by atoms with Gasteiger partial charge in [-0.05, 0) is 36.6 Å². The molecule has 0 N–H and O–H groups in total. The standard InChI is InChI=1S/C13H18BrNO/c1-9(2)8-15(4)13(16)12-6-5-11(14)7-10(12)3/h5-7,9H,8H2,1-4H3. The Balaban J connectivity index is 2.88. The number of hydrogen-bond donors (Lipinski definition) is 0. The first-order valence-electron chi connectivity index (χ1n) is 5.43. The molecule has 0 atom stereocenters. The van der Waals surface area contributed by atoms with Crippen LogP contribution in [0.2, 0.25) is 0 Å². The number of amides is 1. The van der Waals surface area contributed by atoms with E-state index in [0.717, 1.165) is 22.1 Å². The summed E-state index contributed by atoms with van der Waals surface area (Å²) in [5.74, 6) is 0.586. The van der Waals surface area contributed by atoms with Crippen molar-refractivity contribution in [2.24, 2.45) is 5.92 Å². The minimum absolute atomic E-state index is 0.0960. The average Bonchev–Trinajstić information content (AvgIpc) is 2.15. The number of carbonyl (C=O) groups excluding carboxylic acids is 1. The van der Waals surface area contributed by atoms with Gasteiger partial charge >= 0.3 is 0 Å². The van der Waals surface area contributed by atoms with E-state index in [4.69, 9.17) is 0 Å². The highest BCUT2D eigenvalue weighted by molar-refractivity contribution is 9.10. The Hall–Kier alpha value is -0.830. The Kier molecular flexibility index (Phi) is 4.54. The molecule has 1 amide bonds. The molecular weight excluding hydrogens is 266 g/mol. The highest BCUT2D eigenvalue weighted by atomic mass is 79.9. The molecule has 0 saturated heterocycles. The van der Waals surface area contributed by atoms with E-state index >= 15 is 0 Å².